The van der Waals surface area contributed by atoms with Crippen LogP contribution in [-0.4, -0.2) is 27.8 Å². The zero-order valence-electron chi connectivity index (χ0n) is 13.3. The van der Waals surface area contributed by atoms with Crippen molar-refractivity contribution in [3.8, 4) is 0 Å². The second kappa shape index (κ2) is 6.43. The second-order valence-electron chi connectivity index (χ2n) is 6.26. The lowest BCUT2D eigenvalue weighted by Crippen LogP contribution is -2.35. The van der Waals surface area contributed by atoms with Gasteiger partial charge < -0.3 is 5.32 Å². The highest BCUT2D eigenvalue weighted by molar-refractivity contribution is 7.99. The van der Waals surface area contributed by atoms with Gasteiger partial charge in [0.25, 0.3) is 11.5 Å². The lowest BCUT2D eigenvalue weighted by molar-refractivity contribution is 0.0947. The van der Waals surface area contributed by atoms with E-state index in [1.165, 1.54) is 17.3 Å². The topological polar surface area (TPSA) is 64.0 Å². The molecule has 1 aromatic carbocycles. The summed E-state index contributed by atoms with van der Waals surface area (Å²) < 4.78 is 1.59. The summed E-state index contributed by atoms with van der Waals surface area (Å²) in [6.45, 7) is 1.19. The summed E-state index contributed by atoms with van der Waals surface area (Å²) in [5, 5.41) is 3.65. The lowest BCUT2D eigenvalue weighted by Gasteiger charge is -2.25. The van der Waals surface area contributed by atoms with E-state index >= 15 is 0 Å². The number of benzene rings is 1. The van der Waals surface area contributed by atoms with Gasteiger partial charge in [-0.25, -0.2) is 4.98 Å². The van der Waals surface area contributed by atoms with Gasteiger partial charge in [-0.1, -0.05) is 36.0 Å². The molecule has 0 saturated heterocycles. The number of rotatable bonds is 3. The molecular formula is C18H19N3O2S. The van der Waals surface area contributed by atoms with E-state index in [2.05, 4.69) is 28.5 Å². The van der Waals surface area contributed by atoms with Crippen LogP contribution in [-0.2, 0) is 13.0 Å². The van der Waals surface area contributed by atoms with Gasteiger partial charge in [0, 0.05) is 31.0 Å². The quantitative estimate of drug-likeness (QED) is 0.870. The third-order valence-corrected chi connectivity index (χ3v) is 5.77. The van der Waals surface area contributed by atoms with Gasteiger partial charge in [0.2, 0.25) is 0 Å². The van der Waals surface area contributed by atoms with Crippen LogP contribution in [0.25, 0.3) is 0 Å². The molecule has 0 unspecified atom stereocenters. The highest BCUT2D eigenvalue weighted by atomic mass is 32.2. The van der Waals surface area contributed by atoms with E-state index in [-0.39, 0.29) is 17.0 Å². The number of nitrogens with zero attached hydrogens (tertiary/aromatic N) is 2. The normalized spacial score (nSPS) is 18.8. The van der Waals surface area contributed by atoms with Crippen LogP contribution in [0, 0.1) is 0 Å². The van der Waals surface area contributed by atoms with Gasteiger partial charge in [-0.3, -0.25) is 14.2 Å². The molecular weight excluding hydrogens is 322 g/mol. The molecule has 24 heavy (non-hydrogen) atoms. The zero-order chi connectivity index (χ0) is 16.5. The van der Waals surface area contributed by atoms with Crippen molar-refractivity contribution in [3.63, 3.8) is 0 Å². The van der Waals surface area contributed by atoms with E-state index in [0.29, 0.717) is 24.2 Å². The van der Waals surface area contributed by atoms with Gasteiger partial charge in [0.1, 0.15) is 5.56 Å². The van der Waals surface area contributed by atoms with Crippen molar-refractivity contribution in [2.45, 2.75) is 36.9 Å². The number of thioether (sulfide) groups is 1. The molecule has 1 aliphatic heterocycles. The van der Waals surface area contributed by atoms with E-state index in [4.69, 9.17) is 0 Å². The minimum absolute atomic E-state index is 0.144. The Labute approximate surface area is 144 Å². The summed E-state index contributed by atoms with van der Waals surface area (Å²) in [6.07, 6.45) is 4.72. The molecule has 5 nitrogen and oxygen atoms in total. The van der Waals surface area contributed by atoms with Gasteiger partial charge >= 0.3 is 0 Å². The molecule has 124 valence electrons. The summed E-state index contributed by atoms with van der Waals surface area (Å²) in [5.74, 6) is 0.842. The standard InChI is InChI=1S/C18H19N3O2S/c22-16(15-11-20-18-21(17(15)23)8-9-24-18)19-10-13-6-3-5-12-4-1-2-7-14(12)13/h1-2,4,7,11,13H,3,5-6,8-10H2,(H,19,22)/t13-/m1/s1. The van der Waals surface area contributed by atoms with Gasteiger partial charge in [-0.2, -0.15) is 0 Å². The number of carbonyl (C=O) groups excluding carboxylic acids is 1. The summed E-state index contributed by atoms with van der Waals surface area (Å²) in [5.41, 5.74) is 2.61. The third-order valence-electron chi connectivity index (χ3n) is 4.80. The molecule has 0 saturated carbocycles. The molecule has 6 heteroatoms. The van der Waals surface area contributed by atoms with Gasteiger partial charge in [-0.05, 0) is 30.4 Å². The van der Waals surface area contributed by atoms with E-state index in [1.54, 1.807) is 16.3 Å². The number of aryl methyl sites for hydroxylation is 1. The van der Waals surface area contributed by atoms with Crippen LogP contribution < -0.4 is 10.9 Å². The fraction of sp³-hybridized carbons (Fsp3) is 0.389. The number of aromatic nitrogens is 2. The van der Waals surface area contributed by atoms with Crippen molar-refractivity contribution in [2.75, 3.05) is 12.3 Å². The van der Waals surface area contributed by atoms with E-state index in [0.717, 1.165) is 25.0 Å². The summed E-state index contributed by atoms with van der Waals surface area (Å²) in [6, 6.07) is 8.43. The molecule has 0 fully saturated rings. The molecule has 1 N–H and O–H groups in total. The molecule has 0 spiro atoms. The Balaban J connectivity index is 1.50. The summed E-state index contributed by atoms with van der Waals surface area (Å²) in [7, 11) is 0. The lowest BCUT2D eigenvalue weighted by atomic mass is 9.83. The molecule has 0 radical (unpaired) electrons. The van der Waals surface area contributed by atoms with Crippen LogP contribution >= 0.6 is 11.8 Å². The fourth-order valence-corrected chi connectivity index (χ4v) is 4.46. The minimum atomic E-state index is -0.317. The van der Waals surface area contributed by atoms with E-state index in [9.17, 15) is 9.59 Å². The molecule has 2 aromatic rings. The molecule has 1 aliphatic carbocycles. The van der Waals surface area contributed by atoms with Crippen LogP contribution in [0.4, 0.5) is 0 Å². The number of hydrogen-bond donors (Lipinski definition) is 1. The van der Waals surface area contributed by atoms with Gasteiger partial charge in [0.05, 0.1) is 0 Å². The van der Waals surface area contributed by atoms with Crippen molar-refractivity contribution in [3.05, 3.63) is 57.5 Å². The van der Waals surface area contributed by atoms with E-state index < -0.39 is 0 Å². The predicted molar refractivity (Wildman–Crippen MR) is 93.7 cm³/mol. The average Bonchev–Trinajstić information content (AvgIpc) is 3.09. The predicted octanol–water partition coefficient (Wildman–Crippen LogP) is 2.20. The Bertz CT molecular complexity index is 846. The summed E-state index contributed by atoms with van der Waals surface area (Å²) >= 11 is 1.55. The summed E-state index contributed by atoms with van der Waals surface area (Å²) in [4.78, 5) is 29.1. The first-order valence-corrected chi connectivity index (χ1v) is 9.31. The maximum atomic E-state index is 12.4. The smallest absolute Gasteiger partial charge is 0.267 e. The highest BCUT2D eigenvalue weighted by Crippen LogP contribution is 2.30. The first kappa shape index (κ1) is 15.4. The van der Waals surface area contributed by atoms with E-state index in [1.807, 2.05) is 6.07 Å². The first-order chi connectivity index (χ1) is 11.7. The van der Waals surface area contributed by atoms with Crippen molar-refractivity contribution >= 4 is 17.7 Å². The average molecular weight is 341 g/mol. The molecule has 1 amide bonds. The fourth-order valence-electron chi connectivity index (χ4n) is 3.55. The third kappa shape index (κ3) is 2.75. The first-order valence-electron chi connectivity index (χ1n) is 8.32. The second-order valence-corrected chi connectivity index (χ2v) is 7.32. The molecule has 0 bridgehead atoms. The van der Waals surface area contributed by atoms with Crippen LogP contribution in [0.15, 0.2) is 40.4 Å². The Morgan fingerprint density at radius 1 is 1.38 bits per heavy atom. The van der Waals surface area contributed by atoms with Crippen LogP contribution in [0.2, 0.25) is 0 Å². The van der Waals surface area contributed by atoms with Crippen molar-refractivity contribution in [1.29, 1.82) is 0 Å². The Morgan fingerprint density at radius 2 is 2.25 bits per heavy atom. The van der Waals surface area contributed by atoms with Gasteiger partial charge in [-0.15, -0.1) is 0 Å². The van der Waals surface area contributed by atoms with Crippen molar-refractivity contribution < 1.29 is 4.79 Å². The highest BCUT2D eigenvalue weighted by Gasteiger charge is 2.23. The number of carbonyl (C=O) groups is 1. The van der Waals surface area contributed by atoms with Gasteiger partial charge in [0.15, 0.2) is 5.16 Å². The van der Waals surface area contributed by atoms with Crippen LogP contribution in [0.5, 0.6) is 0 Å². The van der Waals surface area contributed by atoms with Crippen LogP contribution in [0.1, 0.15) is 40.2 Å². The number of hydrogen-bond acceptors (Lipinski definition) is 4. The molecule has 1 atom stereocenters. The number of fused-ring (bicyclic) bond motifs is 2. The monoisotopic (exact) mass is 341 g/mol. The number of amides is 1. The maximum absolute atomic E-state index is 12.4. The maximum Gasteiger partial charge on any atom is 0.267 e. The zero-order valence-corrected chi connectivity index (χ0v) is 14.1. The SMILES string of the molecule is O=C(NC[C@H]1CCCc2ccccc21)c1cnc2n(c1=O)CCS2. The minimum Gasteiger partial charge on any atom is -0.351 e. The van der Waals surface area contributed by atoms with Crippen LogP contribution in [0.3, 0.4) is 0 Å². The van der Waals surface area contributed by atoms with Crippen molar-refractivity contribution in [2.24, 2.45) is 0 Å². The Hall–Kier alpha value is -2.08. The molecule has 4 rings (SSSR count). The Kier molecular flexibility index (Phi) is 4.14. The molecule has 2 aliphatic rings. The van der Waals surface area contributed by atoms with Crippen molar-refractivity contribution in [1.82, 2.24) is 14.9 Å². The largest absolute Gasteiger partial charge is 0.351 e. The molecule has 2 heterocycles. The number of nitrogens with one attached hydrogen (secondary N) is 1. The Morgan fingerprint density at radius 3 is 3.17 bits per heavy atom. The molecule has 1 aromatic heterocycles.